The summed E-state index contributed by atoms with van der Waals surface area (Å²) >= 11 is 1.58. The fourth-order valence-corrected chi connectivity index (χ4v) is 4.59. The van der Waals surface area contributed by atoms with Gasteiger partial charge in [0.15, 0.2) is 10.8 Å². The van der Waals surface area contributed by atoms with Crippen LogP contribution in [0.2, 0.25) is 0 Å². The highest BCUT2D eigenvalue weighted by Gasteiger charge is 2.31. The zero-order chi connectivity index (χ0) is 19.4. The first-order valence-corrected chi connectivity index (χ1v) is 10.7. The third-order valence-electron chi connectivity index (χ3n) is 5.39. The highest BCUT2D eigenvalue weighted by atomic mass is 32.1. The molecule has 7 nitrogen and oxygen atoms in total. The molecule has 0 aliphatic heterocycles. The lowest BCUT2D eigenvalue weighted by Crippen LogP contribution is -1.98. The molecule has 0 saturated heterocycles. The maximum Gasteiger partial charge on any atom is 0.234 e. The molecule has 1 aliphatic rings. The third-order valence-corrected chi connectivity index (χ3v) is 6.33. The molecule has 1 aliphatic carbocycles. The predicted octanol–water partition coefficient (Wildman–Crippen LogP) is 4.09. The Hall–Kier alpha value is -3.13. The van der Waals surface area contributed by atoms with Crippen molar-refractivity contribution < 1.29 is 0 Å². The molecule has 0 unspecified atom stereocenters. The number of aromatic nitrogens is 7. The first kappa shape index (κ1) is 16.8. The van der Waals surface area contributed by atoms with E-state index in [0.717, 1.165) is 38.8 Å². The van der Waals surface area contributed by atoms with E-state index in [2.05, 4.69) is 52.6 Å². The summed E-state index contributed by atoms with van der Waals surface area (Å²) in [5.41, 5.74) is 4.50. The highest BCUT2D eigenvalue weighted by Crippen LogP contribution is 2.44. The Morgan fingerprint density at radius 1 is 1.14 bits per heavy atom. The Balaban J connectivity index is 1.37. The second-order valence-electron chi connectivity index (χ2n) is 7.48. The summed E-state index contributed by atoms with van der Waals surface area (Å²) < 4.78 is 3.89. The molecule has 0 amide bonds. The fourth-order valence-electron chi connectivity index (χ4n) is 3.72. The minimum absolute atomic E-state index is 0.581. The Bertz CT molecular complexity index is 1340. The van der Waals surface area contributed by atoms with Gasteiger partial charge in [-0.25, -0.2) is 0 Å². The van der Waals surface area contributed by atoms with Crippen LogP contribution >= 0.6 is 11.3 Å². The van der Waals surface area contributed by atoms with Gasteiger partial charge in [-0.3, -0.25) is 9.67 Å². The van der Waals surface area contributed by atoms with Crippen molar-refractivity contribution in [3.63, 3.8) is 0 Å². The van der Waals surface area contributed by atoms with E-state index in [-0.39, 0.29) is 0 Å². The summed E-state index contributed by atoms with van der Waals surface area (Å²) in [6.45, 7) is 2.98. The molecule has 0 radical (unpaired) electrons. The van der Waals surface area contributed by atoms with Crippen LogP contribution in [0.15, 0.2) is 42.7 Å². The molecular weight excluding hydrogens is 382 g/mol. The van der Waals surface area contributed by atoms with Gasteiger partial charge in [-0.05, 0) is 43.5 Å². The van der Waals surface area contributed by atoms with Gasteiger partial charge in [-0.15, -0.1) is 10.2 Å². The monoisotopic (exact) mass is 401 g/mol. The van der Waals surface area contributed by atoms with Crippen molar-refractivity contribution >= 4 is 27.2 Å². The third kappa shape index (κ3) is 2.91. The zero-order valence-electron chi connectivity index (χ0n) is 16.0. The number of pyridine rings is 1. The number of hydrogen-bond acceptors (Lipinski definition) is 6. The topological polar surface area (TPSA) is 73.8 Å². The van der Waals surface area contributed by atoms with Crippen molar-refractivity contribution in [3.05, 3.63) is 59.8 Å². The molecular formula is C21H19N7S. The van der Waals surface area contributed by atoms with E-state index in [4.69, 9.17) is 10.2 Å². The van der Waals surface area contributed by atoms with Crippen LogP contribution in [0.5, 0.6) is 0 Å². The van der Waals surface area contributed by atoms with Crippen molar-refractivity contribution in [3.8, 4) is 10.6 Å². The molecule has 29 heavy (non-hydrogen) atoms. The van der Waals surface area contributed by atoms with E-state index in [1.165, 1.54) is 24.1 Å². The van der Waals surface area contributed by atoms with E-state index in [9.17, 15) is 0 Å². The van der Waals surface area contributed by atoms with Gasteiger partial charge in [0.25, 0.3) is 0 Å². The van der Waals surface area contributed by atoms with Crippen molar-refractivity contribution in [1.82, 2.24) is 34.6 Å². The number of benzene rings is 1. The van der Waals surface area contributed by atoms with Gasteiger partial charge in [0.1, 0.15) is 0 Å². The molecule has 6 rings (SSSR count). The lowest BCUT2D eigenvalue weighted by molar-refractivity contribution is 0.647. The number of nitrogens with zero attached hydrogens (tertiary/aromatic N) is 7. The summed E-state index contributed by atoms with van der Waals surface area (Å²) in [5, 5.41) is 20.5. The van der Waals surface area contributed by atoms with Crippen LogP contribution in [0.25, 0.3) is 26.4 Å². The quantitative estimate of drug-likeness (QED) is 0.444. The van der Waals surface area contributed by atoms with Crippen LogP contribution in [0.4, 0.5) is 0 Å². The largest absolute Gasteiger partial charge is 0.272 e. The predicted molar refractivity (Wildman–Crippen MR) is 112 cm³/mol. The molecule has 4 aromatic heterocycles. The molecule has 1 saturated carbocycles. The van der Waals surface area contributed by atoms with Gasteiger partial charge in [0.05, 0.1) is 16.8 Å². The minimum atomic E-state index is 0.581. The Kier molecular flexibility index (Phi) is 3.73. The SMILES string of the molecule is CCn1cc(-c2nn3c(Cc4ccc5ncccc5c4)nnc3s2)c(C2CC2)n1. The first-order chi connectivity index (χ1) is 14.3. The molecule has 0 spiro atoms. The van der Waals surface area contributed by atoms with E-state index in [1.54, 1.807) is 11.3 Å². The van der Waals surface area contributed by atoms with Crippen molar-refractivity contribution in [1.29, 1.82) is 0 Å². The summed E-state index contributed by atoms with van der Waals surface area (Å²) in [7, 11) is 0. The van der Waals surface area contributed by atoms with Gasteiger partial charge < -0.3 is 0 Å². The maximum atomic E-state index is 4.86. The van der Waals surface area contributed by atoms with E-state index >= 15 is 0 Å². The second kappa shape index (κ2) is 6.45. The van der Waals surface area contributed by atoms with E-state index < -0.39 is 0 Å². The molecule has 0 bridgehead atoms. The summed E-state index contributed by atoms with van der Waals surface area (Å²) in [4.78, 5) is 5.21. The Morgan fingerprint density at radius 3 is 2.93 bits per heavy atom. The second-order valence-corrected chi connectivity index (χ2v) is 8.44. The van der Waals surface area contributed by atoms with Crippen LogP contribution in [0.1, 0.15) is 42.8 Å². The fraction of sp³-hybridized carbons (Fsp3) is 0.286. The van der Waals surface area contributed by atoms with Gasteiger partial charge in [-0.2, -0.15) is 14.7 Å². The average molecular weight is 401 g/mol. The number of fused-ring (bicyclic) bond motifs is 2. The Labute approximate surface area is 171 Å². The van der Waals surface area contributed by atoms with Crippen LogP contribution in [-0.2, 0) is 13.0 Å². The van der Waals surface area contributed by atoms with Crippen LogP contribution in [-0.4, -0.2) is 34.6 Å². The van der Waals surface area contributed by atoms with Crippen molar-refractivity contribution in [2.45, 2.75) is 38.6 Å². The molecule has 144 valence electrons. The lowest BCUT2D eigenvalue weighted by Gasteiger charge is -2.01. The normalized spacial score (nSPS) is 14.2. The van der Waals surface area contributed by atoms with Crippen molar-refractivity contribution in [2.75, 3.05) is 0 Å². The number of aryl methyl sites for hydroxylation is 1. The smallest absolute Gasteiger partial charge is 0.234 e. The Morgan fingerprint density at radius 2 is 2.07 bits per heavy atom. The lowest BCUT2D eigenvalue weighted by atomic mass is 10.1. The molecule has 1 fully saturated rings. The number of hydrogen-bond donors (Lipinski definition) is 0. The molecule has 1 aromatic carbocycles. The molecule has 0 N–H and O–H groups in total. The zero-order valence-corrected chi connectivity index (χ0v) is 16.8. The molecule has 5 aromatic rings. The minimum Gasteiger partial charge on any atom is -0.272 e. The van der Waals surface area contributed by atoms with Gasteiger partial charge in [-0.1, -0.05) is 23.5 Å². The van der Waals surface area contributed by atoms with Gasteiger partial charge in [0.2, 0.25) is 4.96 Å². The first-order valence-electron chi connectivity index (χ1n) is 9.91. The van der Waals surface area contributed by atoms with Gasteiger partial charge in [0, 0.05) is 36.7 Å². The van der Waals surface area contributed by atoms with Crippen LogP contribution in [0, 0.1) is 0 Å². The van der Waals surface area contributed by atoms with Gasteiger partial charge >= 0.3 is 0 Å². The van der Waals surface area contributed by atoms with Crippen LogP contribution < -0.4 is 0 Å². The summed E-state index contributed by atoms with van der Waals surface area (Å²) in [6.07, 6.45) is 7.06. The molecule has 4 heterocycles. The van der Waals surface area contributed by atoms with Crippen molar-refractivity contribution in [2.24, 2.45) is 0 Å². The van der Waals surface area contributed by atoms with Crippen LogP contribution in [0.3, 0.4) is 0 Å². The summed E-state index contributed by atoms with van der Waals surface area (Å²) in [6, 6.07) is 10.3. The molecule has 0 atom stereocenters. The summed E-state index contributed by atoms with van der Waals surface area (Å²) in [5.74, 6) is 1.43. The number of rotatable bonds is 5. The van der Waals surface area contributed by atoms with E-state index in [1.807, 2.05) is 21.5 Å². The molecule has 8 heteroatoms. The maximum absolute atomic E-state index is 4.86. The standard InChI is InChI=1S/C21H19N7S/c1-2-27-12-16(19(25-27)14-6-7-14)20-26-28-18(23-24-21(28)29-20)11-13-5-8-17-15(10-13)4-3-9-22-17/h3-5,8-10,12,14H,2,6-7,11H2,1H3. The highest BCUT2D eigenvalue weighted by molar-refractivity contribution is 7.19. The van der Waals surface area contributed by atoms with E-state index in [0.29, 0.717) is 12.3 Å². The average Bonchev–Trinajstić information content (AvgIpc) is 3.20.